The first-order valence-corrected chi connectivity index (χ1v) is 9.66. The Kier molecular flexibility index (Phi) is 8.75. The molecule has 3 fully saturated rings. The van der Waals surface area contributed by atoms with Crippen molar-refractivity contribution in [3.05, 3.63) is 0 Å². The van der Waals surface area contributed by atoms with Gasteiger partial charge in [0.1, 0.15) is 0 Å². The average Bonchev–Trinajstić information content (AvgIpc) is 3.24. The molecule has 0 bridgehead atoms. The molecule has 0 aromatic carbocycles. The number of ether oxygens (including phenoxy) is 1. The Hall–Kier alpha value is -0.570. The lowest BCUT2D eigenvalue weighted by Crippen LogP contribution is -2.41. The molecule has 1 saturated carbocycles. The monoisotopic (exact) mass is 464 g/mol. The van der Waals surface area contributed by atoms with Gasteiger partial charge in [-0.3, -0.25) is 9.79 Å². The third-order valence-electron chi connectivity index (χ3n) is 5.50. The summed E-state index contributed by atoms with van der Waals surface area (Å²) in [6.45, 7) is 4.88. The van der Waals surface area contributed by atoms with Gasteiger partial charge in [0.25, 0.3) is 0 Å². The van der Waals surface area contributed by atoms with Crippen LogP contribution >= 0.6 is 24.0 Å². The summed E-state index contributed by atoms with van der Waals surface area (Å²) in [5, 5.41) is 0. The fourth-order valence-electron chi connectivity index (χ4n) is 4.02. The Bertz CT molecular complexity index is 448. The summed E-state index contributed by atoms with van der Waals surface area (Å²) in [7, 11) is 0. The Morgan fingerprint density at radius 1 is 1.16 bits per heavy atom. The fourth-order valence-corrected chi connectivity index (χ4v) is 4.02. The van der Waals surface area contributed by atoms with Crippen LogP contribution in [0.5, 0.6) is 0 Å². The van der Waals surface area contributed by atoms with Crippen LogP contribution in [0.4, 0.5) is 0 Å². The number of halogens is 1. The van der Waals surface area contributed by atoms with Crippen LogP contribution in [0.1, 0.15) is 51.4 Å². The van der Waals surface area contributed by atoms with Gasteiger partial charge in [0.2, 0.25) is 5.91 Å². The highest BCUT2D eigenvalue weighted by molar-refractivity contribution is 14.0. The normalized spacial score (nSPS) is 25.5. The van der Waals surface area contributed by atoms with Crippen LogP contribution < -0.4 is 5.73 Å². The van der Waals surface area contributed by atoms with Crippen molar-refractivity contribution in [2.24, 2.45) is 16.6 Å². The molecule has 0 spiro atoms. The van der Waals surface area contributed by atoms with Crippen LogP contribution in [0.2, 0.25) is 0 Å². The van der Waals surface area contributed by atoms with Gasteiger partial charge in [-0.2, -0.15) is 0 Å². The highest BCUT2D eigenvalue weighted by atomic mass is 127. The van der Waals surface area contributed by atoms with E-state index in [-0.39, 0.29) is 29.9 Å². The molecule has 6 nitrogen and oxygen atoms in total. The summed E-state index contributed by atoms with van der Waals surface area (Å²) in [5.74, 6) is 1.19. The maximum Gasteiger partial charge on any atom is 0.223 e. The van der Waals surface area contributed by atoms with E-state index in [2.05, 4.69) is 9.89 Å². The number of carbonyl (C=O) groups is 1. The third kappa shape index (κ3) is 6.27. The van der Waals surface area contributed by atoms with Crippen LogP contribution in [-0.4, -0.2) is 67.1 Å². The number of rotatable bonds is 6. The van der Waals surface area contributed by atoms with Crippen molar-refractivity contribution in [3.8, 4) is 0 Å². The predicted molar refractivity (Wildman–Crippen MR) is 110 cm³/mol. The Balaban J connectivity index is 0.00000225. The van der Waals surface area contributed by atoms with Gasteiger partial charge in [0.15, 0.2) is 5.96 Å². The molecule has 0 aromatic rings. The molecule has 0 radical (unpaired) electrons. The largest absolute Gasteiger partial charge is 0.376 e. The molecule has 0 aromatic heterocycles. The second-order valence-corrected chi connectivity index (χ2v) is 7.43. The zero-order chi connectivity index (χ0) is 16.8. The van der Waals surface area contributed by atoms with Gasteiger partial charge in [-0.05, 0) is 32.1 Å². The summed E-state index contributed by atoms with van der Waals surface area (Å²) in [5.41, 5.74) is 6.10. The Morgan fingerprint density at radius 3 is 2.60 bits per heavy atom. The SMILES string of the molecule is I.NC(=NCC1CC(=O)N(CCOC2CCCC2)C1)N1CCCCC1. The number of amides is 1. The first kappa shape index (κ1) is 20.7. The van der Waals surface area contributed by atoms with Crippen molar-refractivity contribution in [2.45, 2.75) is 57.5 Å². The number of piperidine rings is 1. The molecule has 7 heteroatoms. The summed E-state index contributed by atoms with van der Waals surface area (Å²) in [6.07, 6.45) is 9.64. The molecule has 2 heterocycles. The van der Waals surface area contributed by atoms with Gasteiger partial charge < -0.3 is 20.3 Å². The maximum atomic E-state index is 12.1. The van der Waals surface area contributed by atoms with E-state index in [1.54, 1.807) is 0 Å². The first-order valence-electron chi connectivity index (χ1n) is 9.66. The lowest BCUT2D eigenvalue weighted by Gasteiger charge is -2.27. The molecule has 3 rings (SSSR count). The Labute approximate surface area is 168 Å². The van der Waals surface area contributed by atoms with E-state index in [4.69, 9.17) is 10.5 Å². The zero-order valence-electron chi connectivity index (χ0n) is 15.2. The van der Waals surface area contributed by atoms with E-state index < -0.39 is 0 Å². The molecule has 25 heavy (non-hydrogen) atoms. The average molecular weight is 464 g/mol. The topological polar surface area (TPSA) is 71.2 Å². The number of hydrogen-bond donors (Lipinski definition) is 1. The number of carbonyl (C=O) groups excluding carboxylic acids is 1. The zero-order valence-corrected chi connectivity index (χ0v) is 17.5. The summed E-state index contributed by atoms with van der Waals surface area (Å²) in [6, 6.07) is 0. The smallest absolute Gasteiger partial charge is 0.223 e. The van der Waals surface area contributed by atoms with Crippen LogP contribution in [0.3, 0.4) is 0 Å². The fraction of sp³-hybridized carbons (Fsp3) is 0.889. The molecule has 1 atom stereocenters. The molecule has 2 N–H and O–H groups in total. The van der Waals surface area contributed by atoms with Gasteiger partial charge in [-0.1, -0.05) is 12.8 Å². The minimum atomic E-state index is 0. The third-order valence-corrected chi connectivity index (χ3v) is 5.50. The highest BCUT2D eigenvalue weighted by Crippen LogP contribution is 2.22. The molecule has 1 amide bonds. The van der Waals surface area contributed by atoms with Crippen molar-refractivity contribution in [1.82, 2.24) is 9.80 Å². The minimum absolute atomic E-state index is 0. The number of nitrogens with zero attached hydrogens (tertiary/aromatic N) is 3. The molecule has 144 valence electrons. The van der Waals surface area contributed by atoms with E-state index in [0.29, 0.717) is 37.6 Å². The number of guanidine groups is 1. The standard InChI is InChI=1S/C18H32N4O2.HI/c19-18(21-8-4-1-5-9-21)20-13-15-12-17(23)22(14-15)10-11-24-16-6-2-3-7-16;/h15-16H,1-14H2,(H2,19,20);1H. The molecule has 1 aliphatic carbocycles. The lowest BCUT2D eigenvalue weighted by atomic mass is 10.1. The van der Waals surface area contributed by atoms with E-state index in [0.717, 1.165) is 26.2 Å². The van der Waals surface area contributed by atoms with Crippen molar-refractivity contribution in [2.75, 3.05) is 39.3 Å². The van der Waals surface area contributed by atoms with E-state index in [1.165, 1.54) is 44.9 Å². The summed E-state index contributed by atoms with van der Waals surface area (Å²) in [4.78, 5) is 20.8. The Morgan fingerprint density at radius 2 is 1.88 bits per heavy atom. The van der Waals surface area contributed by atoms with Crippen LogP contribution in [0, 0.1) is 5.92 Å². The molecular formula is C18H33IN4O2. The second kappa shape index (κ2) is 10.5. The van der Waals surface area contributed by atoms with Crippen LogP contribution in [0.15, 0.2) is 4.99 Å². The van der Waals surface area contributed by atoms with E-state index >= 15 is 0 Å². The van der Waals surface area contributed by atoms with Gasteiger partial charge in [0, 0.05) is 45.1 Å². The van der Waals surface area contributed by atoms with Gasteiger partial charge in [0.05, 0.1) is 12.7 Å². The van der Waals surface area contributed by atoms with Crippen molar-refractivity contribution in [1.29, 1.82) is 0 Å². The van der Waals surface area contributed by atoms with Crippen LogP contribution in [-0.2, 0) is 9.53 Å². The second-order valence-electron chi connectivity index (χ2n) is 7.43. The summed E-state index contributed by atoms with van der Waals surface area (Å²) < 4.78 is 5.88. The minimum Gasteiger partial charge on any atom is -0.376 e. The van der Waals surface area contributed by atoms with Gasteiger partial charge >= 0.3 is 0 Å². The van der Waals surface area contributed by atoms with Crippen molar-refractivity contribution < 1.29 is 9.53 Å². The molecular weight excluding hydrogens is 431 g/mol. The van der Waals surface area contributed by atoms with Crippen molar-refractivity contribution in [3.63, 3.8) is 0 Å². The molecule has 1 unspecified atom stereocenters. The van der Waals surface area contributed by atoms with Crippen molar-refractivity contribution >= 4 is 35.8 Å². The quantitative estimate of drug-likeness (QED) is 0.372. The molecule has 2 saturated heterocycles. The highest BCUT2D eigenvalue weighted by Gasteiger charge is 2.29. The maximum absolute atomic E-state index is 12.1. The van der Waals surface area contributed by atoms with Gasteiger partial charge in [-0.25, -0.2) is 0 Å². The lowest BCUT2D eigenvalue weighted by molar-refractivity contribution is -0.128. The number of hydrogen-bond acceptors (Lipinski definition) is 3. The number of likely N-dealkylation sites (tertiary alicyclic amines) is 2. The van der Waals surface area contributed by atoms with E-state index in [9.17, 15) is 4.79 Å². The number of aliphatic imine (C=N–C) groups is 1. The van der Waals surface area contributed by atoms with E-state index in [1.807, 2.05) is 4.90 Å². The summed E-state index contributed by atoms with van der Waals surface area (Å²) >= 11 is 0. The predicted octanol–water partition coefficient (Wildman–Crippen LogP) is 2.21. The first-order chi connectivity index (χ1) is 11.7. The molecule has 2 aliphatic heterocycles. The number of nitrogens with two attached hydrogens (primary N) is 1. The van der Waals surface area contributed by atoms with Gasteiger partial charge in [-0.15, -0.1) is 24.0 Å². The van der Waals surface area contributed by atoms with Crippen LogP contribution in [0.25, 0.3) is 0 Å². The molecule has 3 aliphatic rings.